The minimum Gasteiger partial charge on any atom is -0.456 e. The van der Waals surface area contributed by atoms with Crippen LogP contribution in [0.4, 0.5) is 0 Å². The molecule has 1 heterocycles. The second-order valence-electron chi connectivity index (χ2n) is 11.6. The molecule has 0 fully saturated rings. The average Bonchev–Trinajstić information content (AvgIpc) is 3.49. The molecule has 0 atom stereocenters. The van der Waals surface area contributed by atoms with Crippen molar-refractivity contribution in [3.8, 4) is 44.5 Å². The molecule has 0 N–H and O–H groups in total. The van der Waals surface area contributed by atoms with Crippen LogP contribution in [0.5, 0.6) is 0 Å². The van der Waals surface area contributed by atoms with Crippen molar-refractivity contribution < 1.29 is 4.42 Å². The Morgan fingerprint density at radius 2 is 0.711 bits per heavy atom. The van der Waals surface area contributed by atoms with Gasteiger partial charge in [0, 0.05) is 16.3 Å². The zero-order chi connectivity index (χ0) is 29.7. The molecule has 0 aliphatic rings. The Morgan fingerprint density at radius 3 is 1.27 bits per heavy atom. The highest BCUT2D eigenvalue weighted by Gasteiger charge is 2.26. The van der Waals surface area contributed by atoms with Crippen LogP contribution < -0.4 is 0 Å². The third-order valence-corrected chi connectivity index (χ3v) is 9.06. The van der Waals surface area contributed by atoms with E-state index in [2.05, 4.69) is 170 Å². The summed E-state index contributed by atoms with van der Waals surface area (Å²) in [5.74, 6) is 0. The predicted molar refractivity (Wildman–Crippen MR) is 190 cm³/mol. The number of para-hydroxylation sites is 1. The minimum absolute atomic E-state index is 0.896. The van der Waals surface area contributed by atoms with Crippen LogP contribution in [0.15, 0.2) is 174 Å². The fourth-order valence-electron chi connectivity index (χ4n) is 7.20. The Kier molecular flexibility index (Phi) is 5.89. The zero-order valence-electron chi connectivity index (χ0n) is 24.6. The molecule has 9 rings (SSSR count). The van der Waals surface area contributed by atoms with E-state index >= 15 is 0 Å². The van der Waals surface area contributed by atoms with E-state index in [0.717, 1.165) is 33.1 Å². The highest BCUT2D eigenvalue weighted by Crippen LogP contribution is 2.52. The number of hydrogen-bond acceptors (Lipinski definition) is 1. The van der Waals surface area contributed by atoms with Crippen molar-refractivity contribution in [3.05, 3.63) is 170 Å². The van der Waals surface area contributed by atoms with E-state index in [-0.39, 0.29) is 0 Å². The van der Waals surface area contributed by atoms with Crippen LogP contribution in [-0.2, 0) is 0 Å². The van der Waals surface area contributed by atoms with Gasteiger partial charge >= 0.3 is 0 Å². The highest BCUT2D eigenvalue weighted by molar-refractivity contribution is 6.27. The van der Waals surface area contributed by atoms with Crippen LogP contribution in [0, 0.1) is 0 Å². The highest BCUT2D eigenvalue weighted by atomic mass is 16.3. The van der Waals surface area contributed by atoms with E-state index in [9.17, 15) is 0 Å². The fraction of sp³-hybridized carbons (Fsp3) is 0. The Morgan fingerprint density at radius 1 is 0.289 bits per heavy atom. The minimum atomic E-state index is 0.896. The SMILES string of the molecule is c1ccc(-c2cc3oc4ccccc4c3c(-c3ccccc3)c2-c2c3ccccc3c(-c3ccccc3)c3ccccc23)cc1. The van der Waals surface area contributed by atoms with Gasteiger partial charge in [-0.25, -0.2) is 0 Å². The van der Waals surface area contributed by atoms with Crippen LogP contribution in [0.2, 0.25) is 0 Å². The second kappa shape index (κ2) is 10.4. The van der Waals surface area contributed by atoms with Gasteiger partial charge in [-0.2, -0.15) is 0 Å². The second-order valence-corrected chi connectivity index (χ2v) is 11.6. The molecule has 0 aliphatic carbocycles. The summed E-state index contributed by atoms with van der Waals surface area (Å²) < 4.78 is 6.62. The van der Waals surface area contributed by atoms with Crippen molar-refractivity contribution in [2.24, 2.45) is 0 Å². The Hall–Kier alpha value is -5.92. The summed E-state index contributed by atoms with van der Waals surface area (Å²) in [4.78, 5) is 0. The third-order valence-electron chi connectivity index (χ3n) is 9.06. The molecule has 1 aromatic heterocycles. The largest absolute Gasteiger partial charge is 0.456 e. The molecule has 0 saturated heterocycles. The van der Waals surface area contributed by atoms with Crippen molar-refractivity contribution in [1.29, 1.82) is 0 Å². The first-order valence-corrected chi connectivity index (χ1v) is 15.4. The van der Waals surface area contributed by atoms with E-state index < -0.39 is 0 Å². The van der Waals surface area contributed by atoms with Crippen LogP contribution >= 0.6 is 0 Å². The fourth-order valence-corrected chi connectivity index (χ4v) is 7.20. The summed E-state index contributed by atoms with van der Waals surface area (Å²) in [6.07, 6.45) is 0. The first kappa shape index (κ1) is 25.6. The van der Waals surface area contributed by atoms with Gasteiger partial charge in [0.25, 0.3) is 0 Å². The van der Waals surface area contributed by atoms with Crippen LogP contribution in [0.3, 0.4) is 0 Å². The van der Waals surface area contributed by atoms with Crippen LogP contribution in [0.25, 0.3) is 88.0 Å². The standard InChI is InChI=1S/C44H28O/c1-4-16-29(17-5-1)37-28-39-43(36-26-14-15-27-38(36)45-39)41(31-20-8-3-9-21-31)44(37)42-34-24-12-10-22-32(34)40(30-18-6-2-7-19-30)33-23-11-13-25-35(33)42/h1-28H. The lowest BCUT2D eigenvalue weighted by molar-refractivity contribution is 0.669. The molecular formula is C44H28O. The smallest absolute Gasteiger partial charge is 0.136 e. The molecule has 0 aliphatic heterocycles. The van der Waals surface area contributed by atoms with Crippen molar-refractivity contribution in [3.63, 3.8) is 0 Å². The summed E-state index contributed by atoms with van der Waals surface area (Å²) in [6.45, 7) is 0. The monoisotopic (exact) mass is 572 g/mol. The average molecular weight is 573 g/mol. The molecule has 0 radical (unpaired) electrons. The van der Waals surface area contributed by atoms with E-state index in [4.69, 9.17) is 4.42 Å². The lowest BCUT2D eigenvalue weighted by atomic mass is 9.79. The van der Waals surface area contributed by atoms with Crippen molar-refractivity contribution in [2.45, 2.75) is 0 Å². The first-order valence-electron chi connectivity index (χ1n) is 15.4. The van der Waals surface area contributed by atoms with Gasteiger partial charge in [0.15, 0.2) is 0 Å². The zero-order valence-corrected chi connectivity index (χ0v) is 24.6. The molecule has 45 heavy (non-hydrogen) atoms. The quantitative estimate of drug-likeness (QED) is 0.191. The number of fused-ring (bicyclic) bond motifs is 5. The maximum Gasteiger partial charge on any atom is 0.136 e. The molecule has 0 unspecified atom stereocenters. The molecule has 9 aromatic rings. The maximum absolute atomic E-state index is 6.62. The maximum atomic E-state index is 6.62. The van der Waals surface area contributed by atoms with E-state index in [1.165, 1.54) is 54.9 Å². The summed E-state index contributed by atoms with van der Waals surface area (Å²) >= 11 is 0. The van der Waals surface area contributed by atoms with Gasteiger partial charge in [0.1, 0.15) is 11.2 Å². The summed E-state index contributed by atoms with van der Waals surface area (Å²) in [5, 5.41) is 7.22. The van der Waals surface area contributed by atoms with Gasteiger partial charge in [-0.3, -0.25) is 0 Å². The molecular weight excluding hydrogens is 544 g/mol. The van der Waals surface area contributed by atoms with E-state index in [1.807, 2.05) is 0 Å². The number of furan rings is 1. The first-order chi connectivity index (χ1) is 22.4. The topological polar surface area (TPSA) is 13.1 Å². The molecule has 0 saturated carbocycles. The number of benzene rings is 8. The molecule has 0 amide bonds. The van der Waals surface area contributed by atoms with Gasteiger partial charge in [-0.1, -0.05) is 158 Å². The lowest BCUT2D eigenvalue weighted by Crippen LogP contribution is -1.96. The Bertz CT molecular complexity index is 2450. The number of hydrogen-bond donors (Lipinski definition) is 0. The molecule has 0 bridgehead atoms. The molecule has 1 heteroatoms. The Labute approximate surface area is 261 Å². The van der Waals surface area contributed by atoms with Gasteiger partial charge in [-0.05, 0) is 72.6 Å². The third kappa shape index (κ3) is 4.02. The molecule has 8 aromatic carbocycles. The van der Waals surface area contributed by atoms with Crippen molar-refractivity contribution in [1.82, 2.24) is 0 Å². The van der Waals surface area contributed by atoms with Gasteiger partial charge in [0.2, 0.25) is 0 Å². The lowest BCUT2D eigenvalue weighted by Gasteiger charge is -2.23. The predicted octanol–water partition coefficient (Wildman–Crippen LogP) is 12.6. The Balaban J connectivity index is 1.57. The summed E-state index contributed by atoms with van der Waals surface area (Å²) in [7, 11) is 0. The van der Waals surface area contributed by atoms with Crippen LogP contribution in [0.1, 0.15) is 0 Å². The van der Waals surface area contributed by atoms with E-state index in [0.29, 0.717) is 0 Å². The van der Waals surface area contributed by atoms with Gasteiger partial charge < -0.3 is 4.42 Å². The molecule has 1 nitrogen and oxygen atoms in total. The number of rotatable bonds is 4. The van der Waals surface area contributed by atoms with Gasteiger partial charge in [-0.15, -0.1) is 0 Å². The van der Waals surface area contributed by atoms with Crippen molar-refractivity contribution >= 4 is 43.5 Å². The molecule has 0 spiro atoms. The van der Waals surface area contributed by atoms with E-state index in [1.54, 1.807) is 0 Å². The molecule has 210 valence electrons. The summed E-state index contributed by atoms with van der Waals surface area (Å²) in [5.41, 5.74) is 11.4. The normalized spacial score (nSPS) is 11.6. The van der Waals surface area contributed by atoms with Crippen LogP contribution in [-0.4, -0.2) is 0 Å². The van der Waals surface area contributed by atoms with Gasteiger partial charge in [0.05, 0.1) is 0 Å². The van der Waals surface area contributed by atoms with Crippen molar-refractivity contribution in [2.75, 3.05) is 0 Å². The summed E-state index contributed by atoms with van der Waals surface area (Å²) in [6, 6.07) is 60.9.